The molecule has 4 nitrogen and oxygen atoms in total. The number of aromatic nitrogens is 4. The molecule has 3 rings (SSSR count). The van der Waals surface area contributed by atoms with Crippen LogP contribution in [0.25, 0.3) is 17.1 Å². The largest absolute Gasteiger partial charge is 0.361 e. The average molecular weight is 210 g/mol. The van der Waals surface area contributed by atoms with Crippen LogP contribution in [-0.2, 0) is 0 Å². The van der Waals surface area contributed by atoms with E-state index in [2.05, 4.69) is 15.1 Å². The van der Waals surface area contributed by atoms with Crippen molar-refractivity contribution < 1.29 is 0 Å². The van der Waals surface area contributed by atoms with Crippen LogP contribution < -0.4 is 0 Å². The summed E-state index contributed by atoms with van der Waals surface area (Å²) in [7, 11) is 0. The highest BCUT2D eigenvalue weighted by molar-refractivity contribution is 5.58. The first kappa shape index (κ1) is 8.91. The number of rotatable bonds is 2. The maximum absolute atomic E-state index is 4.36. The van der Waals surface area contributed by atoms with Gasteiger partial charge in [-0.15, -0.1) is 0 Å². The standard InChI is InChI=1S/C12H10N4/c1-3-11(13-6-1)10-4-5-12(14-9-10)16-8-2-7-15-16/h1-9,13H. The third-order valence-electron chi connectivity index (χ3n) is 2.40. The highest BCUT2D eigenvalue weighted by atomic mass is 15.3. The number of nitrogens with one attached hydrogen (secondary N) is 1. The Bertz CT molecular complexity index is 496. The van der Waals surface area contributed by atoms with Gasteiger partial charge in [0.15, 0.2) is 5.82 Å². The van der Waals surface area contributed by atoms with E-state index in [4.69, 9.17) is 0 Å². The van der Waals surface area contributed by atoms with Crippen LogP contribution in [0.1, 0.15) is 0 Å². The summed E-state index contributed by atoms with van der Waals surface area (Å²) >= 11 is 0. The van der Waals surface area contributed by atoms with E-state index in [-0.39, 0.29) is 0 Å². The molecule has 78 valence electrons. The quantitative estimate of drug-likeness (QED) is 0.705. The van der Waals surface area contributed by atoms with Gasteiger partial charge in [0.25, 0.3) is 0 Å². The summed E-state index contributed by atoms with van der Waals surface area (Å²) in [6.07, 6.45) is 7.34. The highest BCUT2D eigenvalue weighted by Gasteiger charge is 2.00. The second-order valence-corrected chi connectivity index (χ2v) is 3.44. The van der Waals surface area contributed by atoms with Crippen LogP contribution in [-0.4, -0.2) is 19.7 Å². The SMILES string of the molecule is c1c[nH]c(-c2ccc(-n3cccn3)nc2)c1. The lowest BCUT2D eigenvalue weighted by Gasteiger charge is -2.01. The van der Waals surface area contributed by atoms with Gasteiger partial charge in [-0.2, -0.15) is 5.10 Å². The van der Waals surface area contributed by atoms with Crippen molar-refractivity contribution in [2.45, 2.75) is 0 Å². The zero-order valence-corrected chi connectivity index (χ0v) is 8.54. The molecule has 0 amide bonds. The molecule has 0 radical (unpaired) electrons. The Labute approximate surface area is 92.6 Å². The van der Waals surface area contributed by atoms with Gasteiger partial charge in [0.05, 0.1) is 0 Å². The summed E-state index contributed by atoms with van der Waals surface area (Å²) < 4.78 is 1.73. The van der Waals surface area contributed by atoms with Gasteiger partial charge in [-0.3, -0.25) is 0 Å². The van der Waals surface area contributed by atoms with Crippen LogP contribution in [0.15, 0.2) is 55.1 Å². The third-order valence-corrected chi connectivity index (χ3v) is 2.40. The maximum Gasteiger partial charge on any atom is 0.153 e. The third kappa shape index (κ3) is 1.50. The van der Waals surface area contributed by atoms with E-state index in [0.29, 0.717) is 0 Å². The van der Waals surface area contributed by atoms with Crippen molar-refractivity contribution in [3.05, 3.63) is 55.1 Å². The lowest BCUT2D eigenvalue weighted by atomic mass is 10.2. The summed E-state index contributed by atoms with van der Waals surface area (Å²) in [5.41, 5.74) is 2.14. The number of H-pyrrole nitrogens is 1. The molecule has 0 saturated carbocycles. The fraction of sp³-hybridized carbons (Fsp3) is 0. The Kier molecular flexibility index (Phi) is 2.04. The van der Waals surface area contributed by atoms with E-state index >= 15 is 0 Å². The van der Waals surface area contributed by atoms with Crippen molar-refractivity contribution >= 4 is 0 Å². The van der Waals surface area contributed by atoms with E-state index in [1.165, 1.54) is 0 Å². The van der Waals surface area contributed by atoms with Crippen molar-refractivity contribution in [3.8, 4) is 17.1 Å². The molecular weight excluding hydrogens is 200 g/mol. The van der Waals surface area contributed by atoms with Crippen LogP contribution in [0.2, 0.25) is 0 Å². The molecule has 0 aliphatic carbocycles. The minimum Gasteiger partial charge on any atom is -0.361 e. The van der Waals surface area contributed by atoms with Crippen LogP contribution in [0.3, 0.4) is 0 Å². The molecular formula is C12H10N4. The molecule has 1 N–H and O–H groups in total. The Hall–Kier alpha value is -2.36. The Balaban J connectivity index is 1.97. The monoisotopic (exact) mass is 210 g/mol. The fourth-order valence-corrected chi connectivity index (χ4v) is 1.60. The molecule has 3 heterocycles. The smallest absolute Gasteiger partial charge is 0.153 e. The van der Waals surface area contributed by atoms with Gasteiger partial charge in [-0.1, -0.05) is 0 Å². The summed E-state index contributed by atoms with van der Waals surface area (Å²) in [6, 6.07) is 9.83. The van der Waals surface area contributed by atoms with Crippen molar-refractivity contribution in [2.75, 3.05) is 0 Å². The van der Waals surface area contributed by atoms with Gasteiger partial charge in [-0.05, 0) is 30.3 Å². The Morgan fingerprint density at radius 3 is 2.75 bits per heavy atom. The Morgan fingerprint density at radius 1 is 1.12 bits per heavy atom. The lowest BCUT2D eigenvalue weighted by molar-refractivity contribution is 0.847. The molecule has 4 heteroatoms. The first-order valence-corrected chi connectivity index (χ1v) is 5.03. The fourth-order valence-electron chi connectivity index (χ4n) is 1.60. The zero-order chi connectivity index (χ0) is 10.8. The van der Waals surface area contributed by atoms with E-state index in [1.807, 2.05) is 48.9 Å². The van der Waals surface area contributed by atoms with Crippen molar-refractivity contribution in [3.63, 3.8) is 0 Å². The van der Waals surface area contributed by atoms with Gasteiger partial charge in [0, 0.05) is 36.0 Å². The van der Waals surface area contributed by atoms with Gasteiger partial charge in [0.1, 0.15) is 0 Å². The second-order valence-electron chi connectivity index (χ2n) is 3.44. The molecule has 0 aliphatic heterocycles. The molecule has 3 aromatic heterocycles. The minimum atomic E-state index is 0.820. The van der Waals surface area contributed by atoms with Crippen LogP contribution in [0, 0.1) is 0 Å². The van der Waals surface area contributed by atoms with E-state index < -0.39 is 0 Å². The maximum atomic E-state index is 4.36. The number of nitrogens with zero attached hydrogens (tertiary/aromatic N) is 3. The highest BCUT2D eigenvalue weighted by Crippen LogP contribution is 2.16. The summed E-state index contributed by atoms with van der Waals surface area (Å²) in [4.78, 5) is 7.50. The van der Waals surface area contributed by atoms with Gasteiger partial charge < -0.3 is 4.98 Å². The normalized spacial score (nSPS) is 10.5. The van der Waals surface area contributed by atoms with Gasteiger partial charge in [-0.25, -0.2) is 9.67 Å². The van der Waals surface area contributed by atoms with E-state index in [0.717, 1.165) is 17.1 Å². The van der Waals surface area contributed by atoms with Gasteiger partial charge in [0.2, 0.25) is 0 Å². The minimum absolute atomic E-state index is 0.820. The van der Waals surface area contributed by atoms with E-state index in [1.54, 1.807) is 10.9 Å². The lowest BCUT2D eigenvalue weighted by Crippen LogP contribution is -1.97. The first-order chi connectivity index (χ1) is 7.93. The predicted molar refractivity (Wildman–Crippen MR) is 61.1 cm³/mol. The number of aromatic amines is 1. The summed E-state index contributed by atoms with van der Waals surface area (Å²) in [5.74, 6) is 0.820. The molecule has 3 aromatic rings. The number of hydrogen-bond donors (Lipinski definition) is 1. The van der Waals surface area contributed by atoms with Gasteiger partial charge >= 0.3 is 0 Å². The summed E-state index contributed by atoms with van der Waals surface area (Å²) in [5, 5.41) is 4.13. The molecule has 0 saturated heterocycles. The second kappa shape index (κ2) is 3.66. The summed E-state index contributed by atoms with van der Waals surface area (Å²) in [6.45, 7) is 0. The van der Waals surface area contributed by atoms with Crippen LogP contribution in [0.4, 0.5) is 0 Å². The molecule has 0 bridgehead atoms. The van der Waals surface area contributed by atoms with Crippen LogP contribution >= 0.6 is 0 Å². The van der Waals surface area contributed by atoms with Crippen molar-refractivity contribution in [1.82, 2.24) is 19.7 Å². The van der Waals surface area contributed by atoms with Crippen molar-refractivity contribution in [1.29, 1.82) is 0 Å². The van der Waals surface area contributed by atoms with E-state index in [9.17, 15) is 0 Å². The van der Waals surface area contributed by atoms with Crippen LogP contribution in [0.5, 0.6) is 0 Å². The topological polar surface area (TPSA) is 46.5 Å². The molecule has 0 atom stereocenters. The molecule has 0 unspecified atom stereocenters. The van der Waals surface area contributed by atoms with Crippen molar-refractivity contribution in [2.24, 2.45) is 0 Å². The molecule has 16 heavy (non-hydrogen) atoms. The number of hydrogen-bond acceptors (Lipinski definition) is 2. The first-order valence-electron chi connectivity index (χ1n) is 5.03. The Morgan fingerprint density at radius 2 is 2.12 bits per heavy atom. The molecule has 0 spiro atoms. The molecule has 0 fully saturated rings. The zero-order valence-electron chi connectivity index (χ0n) is 8.54. The molecule has 0 aromatic carbocycles. The predicted octanol–water partition coefficient (Wildman–Crippen LogP) is 2.26. The molecule has 0 aliphatic rings. The average Bonchev–Trinajstić information content (AvgIpc) is 3.03. The number of pyridine rings is 1.